The molecule has 0 aromatic carbocycles. The van der Waals surface area contributed by atoms with Crippen LogP contribution in [0.4, 0.5) is 0 Å². The maximum atomic E-state index is 10.7. The van der Waals surface area contributed by atoms with Crippen LogP contribution in [0.1, 0.15) is 0 Å². The summed E-state index contributed by atoms with van der Waals surface area (Å²) in [6, 6.07) is 0. The van der Waals surface area contributed by atoms with Gasteiger partial charge in [0.05, 0.1) is 0 Å². The van der Waals surface area contributed by atoms with Gasteiger partial charge in [-0.05, 0) is 0 Å². The van der Waals surface area contributed by atoms with Gasteiger partial charge in [0.2, 0.25) is 5.17 Å². The smallest absolute Gasteiger partial charge is 0.278 e. The summed E-state index contributed by atoms with van der Waals surface area (Å²) in [6.07, 6.45) is 4.58. The van der Waals surface area contributed by atoms with Crippen LogP contribution in [-0.4, -0.2) is 25.8 Å². The predicted molar refractivity (Wildman–Crippen MR) is 40.5 cm³/mol. The number of hydrogen-bond acceptors (Lipinski definition) is 5. The van der Waals surface area contributed by atoms with Crippen molar-refractivity contribution in [2.24, 2.45) is 10.8 Å². The maximum Gasteiger partial charge on any atom is 0.278 e. The van der Waals surface area contributed by atoms with Crippen LogP contribution in [-0.2, 0) is 9.84 Å². The van der Waals surface area contributed by atoms with Gasteiger partial charge in [-0.1, -0.05) is 0 Å². The predicted octanol–water partition coefficient (Wildman–Crippen LogP) is -1.35. The highest BCUT2D eigenvalue weighted by Crippen LogP contribution is 1.93. The van der Waals surface area contributed by atoms with Gasteiger partial charge in [-0.2, -0.15) is 0 Å². The Bertz CT molecular complexity index is 297. The first-order valence-electron chi connectivity index (χ1n) is 2.37. The third-order valence-corrected chi connectivity index (χ3v) is 1.93. The molecule has 0 amide bonds. The Labute approximate surface area is 64.2 Å². The van der Waals surface area contributed by atoms with E-state index in [0.29, 0.717) is 0 Å². The molecule has 0 fully saturated rings. The molecule has 0 aliphatic rings. The van der Waals surface area contributed by atoms with E-state index in [4.69, 9.17) is 0 Å². The average molecular weight is 176 g/mol. The van der Waals surface area contributed by atoms with Crippen LogP contribution < -0.4 is 5.84 Å². The van der Waals surface area contributed by atoms with E-state index in [1.54, 1.807) is 0 Å². The van der Waals surface area contributed by atoms with Gasteiger partial charge in [-0.15, -0.1) is 6.42 Å². The summed E-state index contributed by atoms with van der Waals surface area (Å²) in [5.74, 6) is 4.58. The molecule has 0 spiro atoms. The Kier molecular flexibility index (Phi) is 3.00. The standard InChI is InChI=1S/C4H6N3O3S/c1-3-11(9,10)4(6-2)7(5)8/h1H,5H2,2H3/q-1. The highest BCUT2D eigenvalue weighted by atomic mass is 32.2. The lowest BCUT2D eigenvalue weighted by Gasteiger charge is -2.22. The lowest BCUT2D eigenvalue weighted by atomic mass is 11.2. The molecule has 2 N–H and O–H groups in total. The van der Waals surface area contributed by atoms with Crippen LogP contribution in [0.3, 0.4) is 0 Å². The molecule has 62 valence electrons. The van der Waals surface area contributed by atoms with Crippen molar-refractivity contribution in [1.82, 2.24) is 5.17 Å². The van der Waals surface area contributed by atoms with Crippen LogP contribution in [0.2, 0.25) is 0 Å². The van der Waals surface area contributed by atoms with Crippen LogP contribution >= 0.6 is 0 Å². The minimum atomic E-state index is -4.04. The first-order valence-corrected chi connectivity index (χ1v) is 3.85. The molecule has 0 saturated carbocycles. The number of hydrogen-bond donors (Lipinski definition) is 1. The monoisotopic (exact) mass is 176 g/mol. The number of amidine groups is 1. The van der Waals surface area contributed by atoms with E-state index in [9.17, 15) is 13.6 Å². The van der Waals surface area contributed by atoms with Crippen molar-refractivity contribution >= 4 is 15.0 Å². The van der Waals surface area contributed by atoms with Gasteiger partial charge in [0.15, 0.2) is 0 Å². The van der Waals surface area contributed by atoms with Gasteiger partial charge in [0, 0.05) is 12.3 Å². The Morgan fingerprint density at radius 3 is 2.36 bits per heavy atom. The lowest BCUT2D eigenvalue weighted by Crippen LogP contribution is -2.36. The third kappa shape index (κ3) is 2.19. The van der Waals surface area contributed by atoms with Gasteiger partial charge < -0.3 is 10.4 Å². The zero-order valence-electron chi connectivity index (χ0n) is 5.68. The molecular weight excluding hydrogens is 170 g/mol. The van der Waals surface area contributed by atoms with Crippen molar-refractivity contribution in [3.8, 4) is 11.7 Å². The van der Waals surface area contributed by atoms with Crippen LogP contribution in [0.25, 0.3) is 0 Å². The summed E-state index contributed by atoms with van der Waals surface area (Å²) >= 11 is 0. The van der Waals surface area contributed by atoms with Crippen molar-refractivity contribution in [2.45, 2.75) is 0 Å². The summed E-state index contributed by atoms with van der Waals surface area (Å²) in [7, 11) is -2.94. The zero-order chi connectivity index (χ0) is 9.07. The molecule has 6 nitrogen and oxygen atoms in total. The second-order valence-corrected chi connectivity index (χ2v) is 3.06. The number of rotatable bonds is 0. The average Bonchev–Trinajstić information content (AvgIpc) is 1.88. The van der Waals surface area contributed by atoms with Gasteiger partial charge in [-0.25, -0.2) is 8.42 Å². The van der Waals surface area contributed by atoms with E-state index < -0.39 is 20.2 Å². The fourth-order valence-electron chi connectivity index (χ4n) is 0.390. The number of hydroxylamine groups is 1. The molecule has 0 atom stereocenters. The molecule has 11 heavy (non-hydrogen) atoms. The topological polar surface area (TPSA) is 98.8 Å². The van der Waals surface area contributed by atoms with Crippen molar-refractivity contribution in [3.63, 3.8) is 0 Å². The summed E-state index contributed by atoms with van der Waals surface area (Å²) in [4.78, 5) is 3.10. The highest BCUT2D eigenvalue weighted by molar-refractivity contribution is 8.10. The second kappa shape index (κ2) is 3.34. The summed E-state index contributed by atoms with van der Waals surface area (Å²) in [5.41, 5.74) is 0. The molecule has 0 saturated heterocycles. The SMILES string of the molecule is C#CS(=O)(=O)C(=NC)N(N)[O-]. The molecule has 0 aliphatic carbocycles. The summed E-state index contributed by atoms with van der Waals surface area (Å²) in [5, 5.41) is 10.4. The maximum absolute atomic E-state index is 10.7. The molecule has 0 bridgehead atoms. The first kappa shape index (κ1) is 9.90. The summed E-state index contributed by atoms with van der Waals surface area (Å²) in [6.45, 7) is 0. The molecule has 0 rings (SSSR count). The number of nitrogens with two attached hydrogens (primary N) is 1. The normalized spacial score (nSPS) is 12.4. The number of sulfone groups is 1. The first-order chi connectivity index (χ1) is 4.95. The van der Waals surface area contributed by atoms with E-state index in [1.807, 2.05) is 0 Å². The number of aliphatic imine (C=N–C) groups is 1. The molecule has 0 aromatic heterocycles. The van der Waals surface area contributed by atoms with Crippen LogP contribution in [0, 0.1) is 16.9 Å². The van der Waals surface area contributed by atoms with Gasteiger partial charge in [-0.3, -0.25) is 10.8 Å². The minimum absolute atomic E-state index is 0.394. The number of terminal acetylenes is 1. The van der Waals surface area contributed by atoms with E-state index in [2.05, 4.69) is 17.3 Å². The zero-order valence-corrected chi connectivity index (χ0v) is 6.50. The van der Waals surface area contributed by atoms with E-state index in [1.165, 1.54) is 5.25 Å². The Morgan fingerprint density at radius 1 is 1.82 bits per heavy atom. The molecule has 0 radical (unpaired) electrons. The molecule has 0 heterocycles. The van der Waals surface area contributed by atoms with E-state index >= 15 is 0 Å². The van der Waals surface area contributed by atoms with Crippen molar-refractivity contribution in [1.29, 1.82) is 0 Å². The fourth-order valence-corrected chi connectivity index (χ4v) is 0.973. The molecular formula is C4H6N3O3S-. The Morgan fingerprint density at radius 2 is 2.27 bits per heavy atom. The highest BCUT2D eigenvalue weighted by Gasteiger charge is 2.15. The number of hydrazine groups is 1. The quantitative estimate of drug-likeness (QED) is 0.123. The molecule has 0 aliphatic heterocycles. The van der Waals surface area contributed by atoms with E-state index in [-0.39, 0.29) is 0 Å². The minimum Gasteiger partial charge on any atom is -0.742 e. The van der Waals surface area contributed by atoms with Crippen molar-refractivity contribution < 1.29 is 8.42 Å². The van der Waals surface area contributed by atoms with Crippen LogP contribution in [0.5, 0.6) is 0 Å². The van der Waals surface area contributed by atoms with E-state index in [0.717, 1.165) is 7.05 Å². The fraction of sp³-hybridized carbons (Fsp3) is 0.250. The van der Waals surface area contributed by atoms with Crippen LogP contribution in [0.15, 0.2) is 4.99 Å². The van der Waals surface area contributed by atoms with Gasteiger partial charge in [0.25, 0.3) is 9.84 Å². The second-order valence-electron chi connectivity index (χ2n) is 1.45. The molecule has 0 aromatic rings. The number of nitrogens with zero attached hydrogens (tertiary/aromatic N) is 2. The Hall–Kier alpha value is -1.10. The third-order valence-electron chi connectivity index (χ3n) is 0.775. The lowest BCUT2D eigenvalue weighted by molar-refractivity contribution is 0.584. The van der Waals surface area contributed by atoms with Crippen molar-refractivity contribution in [2.75, 3.05) is 7.05 Å². The Balaban J connectivity index is 5.04. The van der Waals surface area contributed by atoms with Crippen molar-refractivity contribution in [3.05, 3.63) is 5.21 Å². The van der Waals surface area contributed by atoms with Gasteiger partial charge in [0.1, 0.15) is 0 Å². The molecule has 0 unspecified atom stereocenters. The summed E-state index contributed by atoms with van der Waals surface area (Å²) < 4.78 is 21.4. The largest absolute Gasteiger partial charge is 0.742 e. The molecule has 7 heteroatoms. The van der Waals surface area contributed by atoms with Gasteiger partial charge >= 0.3 is 0 Å².